The molecule has 9 heteroatoms. The van der Waals surface area contributed by atoms with Crippen molar-refractivity contribution in [2.24, 2.45) is 5.10 Å². The summed E-state index contributed by atoms with van der Waals surface area (Å²) < 4.78 is 19.0. The van der Waals surface area contributed by atoms with E-state index in [0.29, 0.717) is 0 Å². The van der Waals surface area contributed by atoms with Gasteiger partial charge in [0.15, 0.2) is 6.10 Å². The number of amides is 1. The number of carbonyl (C=O) groups excluding carboxylic acids is 3. The van der Waals surface area contributed by atoms with Crippen LogP contribution in [-0.2, 0) is 28.5 Å². The van der Waals surface area contributed by atoms with Crippen LogP contribution in [0.4, 0.5) is 4.79 Å². The molecule has 22 heavy (non-hydrogen) atoms. The van der Waals surface area contributed by atoms with Gasteiger partial charge in [0.25, 0.3) is 0 Å². The summed E-state index contributed by atoms with van der Waals surface area (Å²) in [6.45, 7) is 5.03. The second-order valence-electron chi connectivity index (χ2n) is 5.05. The minimum absolute atomic E-state index is 0.118. The van der Waals surface area contributed by atoms with Crippen LogP contribution in [0, 0.1) is 0 Å². The molecular formula is C13H22N2O7. The first-order chi connectivity index (χ1) is 10.2. The summed E-state index contributed by atoms with van der Waals surface area (Å²) in [6.07, 6.45) is -0.901. The van der Waals surface area contributed by atoms with Gasteiger partial charge in [-0.25, -0.2) is 15.0 Å². The molecule has 9 nitrogen and oxygen atoms in total. The van der Waals surface area contributed by atoms with Crippen LogP contribution in [0.15, 0.2) is 5.10 Å². The van der Waals surface area contributed by atoms with Crippen molar-refractivity contribution in [2.75, 3.05) is 20.8 Å². The third kappa shape index (κ3) is 9.70. The highest BCUT2D eigenvalue weighted by Crippen LogP contribution is 2.06. The summed E-state index contributed by atoms with van der Waals surface area (Å²) in [5.74, 6) is -1.32. The highest BCUT2D eigenvalue weighted by molar-refractivity contribution is 5.82. The first kappa shape index (κ1) is 19.8. The van der Waals surface area contributed by atoms with Crippen LogP contribution in [0.3, 0.4) is 0 Å². The molecule has 0 aromatic rings. The standard InChI is InChI=1S/C13H22N2O7/c1-13(2,3)22-12(18)15-14-6-7-21-9(11(17)20-5)8-10(16)19-4/h6,9H,7-8H2,1-5H3,(H,15,18)/b14-6-. The minimum Gasteiger partial charge on any atom is -0.469 e. The van der Waals surface area contributed by atoms with Gasteiger partial charge in [-0.05, 0) is 20.8 Å². The fourth-order valence-corrected chi connectivity index (χ4v) is 1.17. The number of hydrogen-bond acceptors (Lipinski definition) is 8. The average molecular weight is 318 g/mol. The summed E-state index contributed by atoms with van der Waals surface area (Å²) >= 11 is 0. The van der Waals surface area contributed by atoms with Gasteiger partial charge >= 0.3 is 18.0 Å². The molecule has 0 heterocycles. The lowest BCUT2D eigenvalue weighted by molar-refractivity contribution is -0.159. The average Bonchev–Trinajstić information content (AvgIpc) is 2.42. The van der Waals surface area contributed by atoms with E-state index in [2.05, 4.69) is 20.0 Å². The van der Waals surface area contributed by atoms with Gasteiger partial charge in [0.05, 0.1) is 33.5 Å². The number of rotatable bonds is 7. The van der Waals surface area contributed by atoms with E-state index in [4.69, 9.17) is 9.47 Å². The zero-order chi connectivity index (χ0) is 17.2. The molecule has 0 aliphatic rings. The molecule has 0 aliphatic heterocycles. The second kappa shape index (κ2) is 9.72. The highest BCUT2D eigenvalue weighted by atomic mass is 16.6. The molecule has 1 atom stereocenters. The Morgan fingerprint density at radius 3 is 2.32 bits per heavy atom. The fourth-order valence-electron chi connectivity index (χ4n) is 1.17. The maximum Gasteiger partial charge on any atom is 0.428 e. The number of hydrogen-bond donors (Lipinski definition) is 1. The molecule has 1 N–H and O–H groups in total. The quantitative estimate of drug-likeness (QED) is 0.317. The minimum atomic E-state index is -1.11. The largest absolute Gasteiger partial charge is 0.469 e. The molecular weight excluding hydrogens is 296 g/mol. The summed E-state index contributed by atoms with van der Waals surface area (Å²) in [7, 11) is 2.37. The molecule has 1 unspecified atom stereocenters. The van der Waals surface area contributed by atoms with E-state index in [1.807, 2.05) is 0 Å². The van der Waals surface area contributed by atoms with Crippen molar-refractivity contribution in [1.29, 1.82) is 0 Å². The van der Waals surface area contributed by atoms with Crippen LogP contribution in [0.5, 0.6) is 0 Å². The lowest BCUT2D eigenvalue weighted by atomic mass is 10.2. The molecule has 126 valence electrons. The van der Waals surface area contributed by atoms with Crippen LogP contribution in [0.25, 0.3) is 0 Å². The fraction of sp³-hybridized carbons (Fsp3) is 0.692. The molecule has 0 saturated carbocycles. The maximum absolute atomic E-state index is 11.4. The number of nitrogens with zero attached hydrogens (tertiary/aromatic N) is 1. The van der Waals surface area contributed by atoms with Crippen LogP contribution < -0.4 is 5.43 Å². The van der Waals surface area contributed by atoms with Gasteiger partial charge in [0, 0.05) is 0 Å². The third-order valence-corrected chi connectivity index (χ3v) is 2.06. The number of methoxy groups -OCH3 is 2. The highest BCUT2D eigenvalue weighted by Gasteiger charge is 2.23. The van der Waals surface area contributed by atoms with Gasteiger partial charge in [-0.1, -0.05) is 0 Å². The monoisotopic (exact) mass is 318 g/mol. The Bertz CT molecular complexity index is 415. The molecule has 0 aromatic carbocycles. The molecule has 0 bridgehead atoms. The van der Waals surface area contributed by atoms with Gasteiger partial charge in [0.2, 0.25) is 0 Å². The zero-order valence-electron chi connectivity index (χ0n) is 13.4. The number of ether oxygens (including phenoxy) is 4. The van der Waals surface area contributed by atoms with Gasteiger partial charge < -0.3 is 18.9 Å². The summed E-state index contributed by atoms with van der Waals surface area (Å²) in [6, 6.07) is 0. The Morgan fingerprint density at radius 2 is 1.82 bits per heavy atom. The molecule has 0 saturated heterocycles. The van der Waals surface area contributed by atoms with Crippen LogP contribution in [0.2, 0.25) is 0 Å². The Balaban J connectivity index is 4.21. The van der Waals surface area contributed by atoms with Crippen molar-refractivity contribution >= 4 is 24.2 Å². The molecule has 0 rings (SSSR count). The lowest BCUT2D eigenvalue weighted by Crippen LogP contribution is -2.31. The number of nitrogens with one attached hydrogen (secondary N) is 1. The first-order valence-corrected chi connectivity index (χ1v) is 6.46. The Morgan fingerprint density at radius 1 is 1.18 bits per heavy atom. The van der Waals surface area contributed by atoms with Crippen LogP contribution in [0.1, 0.15) is 27.2 Å². The second-order valence-corrected chi connectivity index (χ2v) is 5.05. The van der Waals surface area contributed by atoms with Gasteiger partial charge in [-0.15, -0.1) is 0 Å². The summed E-state index contributed by atoms with van der Waals surface area (Å²) in [5.41, 5.74) is 1.50. The normalized spacial score (nSPS) is 12.6. The van der Waals surface area contributed by atoms with E-state index in [0.717, 1.165) is 0 Å². The molecule has 1 amide bonds. The van der Waals surface area contributed by atoms with E-state index in [9.17, 15) is 14.4 Å². The van der Waals surface area contributed by atoms with Gasteiger partial charge in [-0.2, -0.15) is 5.10 Å². The van der Waals surface area contributed by atoms with Crippen molar-refractivity contribution < 1.29 is 33.3 Å². The first-order valence-electron chi connectivity index (χ1n) is 6.46. The topological polar surface area (TPSA) is 113 Å². The van der Waals surface area contributed by atoms with E-state index in [1.165, 1.54) is 20.4 Å². The van der Waals surface area contributed by atoms with Crippen molar-refractivity contribution in [3.63, 3.8) is 0 Å². The lowest BCUT2D eigenvalue weighted by Gasteiger charge is -2.18. The predicted molar refractivity (Wildman–Crippen MR) is 76.3 cm³/mol. The van der Waals surface area contributed by atoms with Gasteiger partial charge in [0.1, 0.15) is 5.60 Å². The third-order valence-electron chi connectivity index (χ3n) is 2.06. The van der Waals surface area contributed by atoms with E-state index >= 15 is 0 Å². The molecule has 0 aliphatic carbocycles. The molecule has 0 fully saturated rings. The molecule has 0 aromatic heterocycles. The van der Waals surface area contributed by atoms with E-state index in [1.54, 1.807) is 20.8 Å². The summed E-state index contributed by atoms with van der Waals surface area (Å²) in [4.78, 5) is 33.8. The Labute approximate surface area is 128 Å². The number of carbonyl (C=O) groups is 3. The van der Waals surface area contributed by atoms with E-state index in [-0.39, 0.29) is 13.0 Å². The van der Waals surface area contributed by atoms with Crippen molar-refractivity contribution in [3.05, 3.63) is 0 Å². The number of hydrazone groups is 1. The predicted octanol–water partition coefficient (Wildman–Crippen LogP) is 0.618. The van der Waals surface area contributed by atoms with Crippen LogP contribution >= 0.6 is 0 Å². The van der Waals surface area contributed by atoms with Crippen molar-refractivity contribution in [2.45, 2.75) is 38.9 Å². The summed E-state index contributed by atoms with van der Waals surface area (Å²) in [5, 5.41) is 3.57. The maximum atomic E-state index is 11.4. The Kier molecular flexibility index (Phi) is 8.76. The van der Waals surface area contributed by atoms with E-state index < -0.39 is 29.7 Å². The molecule has 0 spiro atoms. The van der Waals surface area contributed by atoms with Gasteiger partial charge in [-0.3, -0.25) is 4.79 Å². The van der Waals surface area contributed by atoms with Crippen LogP contribution in [-0.4, -0.2) is 56.8 Å². The van der Waals surface area contributed by atoms with Crippen molar-refractivity contribution in [1.82, 2.24) is 5.43 Å². The van der Waals surface area contributed by atoms with Crippen molar-refractivity contribution in [3.8, 4) is 0 Å². The SMILES string of the molecule is COC(=O)CC(OC/C=N\NC(=O)OC(C)(C)C)C(=O)OC. The Hall–Kier alpha value is -2.16. The zero-order valence-corrected chi connectivity index (χ0v) is 13.4. The number of esters is 2. The smallest absolute Gasteiger partial charge is 0.428 e. The molecule has 0 radical (unpaired) electrons.